The van der Waals surface area contributed by atoms with E-state index in [1.54, 1.807) is 12.1 Å². The van der Waals surface area contributed by atoms with E-state index in [4.69, 9.17) is 20.9 Å². The molecule has 0 aliphatic carbocycles. The number of benzene rings is 2. The first-order valence-electron chi connectivity index (χ1n) is 6.44. The summed E-state index contributed by atoms with van der Waals surface area (Å²) in [4.78, 5) is 24.7. The van der Waals surface area contributed by atoms with Gasteiger partial charge >= 0.3 is 0 Å². The molecular weight excluding hydrogens is 284 g/mol. The van der Waals surface area contributed by atoms with E-state index in [-0.39, 0.29) is 22.6 Å². The highest BCUT2D eigenvalue weighted by Gasteiger charge is 2.25. The number of methoxy groups -OCH3 is 2. The molecule has 2 rings (SSSR count). The minimum Gasteiger partial charge on any atom is -0.492 e. The van der Waals surface area contributed by atoms with E-state index in [1.165, 1.54) is 38.5 Å². The number of ketones is 2. The molecular formula is C16H16N2O4. The lowest BCUT2D eigenvalue weighted by atomic mass is 10.00. The van der Waals surface area contributed by atoms with Crippen LogP contribution in [0.3, 0.4) is 0 Å². The van der Waals surface area contributed by atoms with E-state index in [1.807, 2.05) is 0 Å². The molecule has 0 aliphatic heterocycles. The predicted molar refractivity (Wildman–Crippen MR) is 83.5 cm³/mol. The molecule has 0 aliphatic rings. The monoisotopic (exact) mass is 300 g/mol. The maximum Gasteiger partial charge on any atom is 0.237 e. The summed E-state index contributed by atoms with van der Waals surface area (Å²) >= 11 is 0. The van der Waals surface area contributed by atoms with E-state index < -0.39 is 11.6 Å². The van der Waals surface area contributed by atoms with Crippen molar-refractivity contribution in [3.8, 4) is 11.5 Å². The fraction of sp³-hybridized carbons (Fsp3) is 0.125. The number of nitrogen functional groups attached to an aromatic ring is 2. The first-order chi connectivity index (χ1) is 10.5. The Bertz CT molecular complexity index is 724. The Morgan fingerprint density at radius 2 is 1.41 bits per heavy atom. The molecule has 0 unspecified atom stereocenters. The Morgan fingerprint density at radius 1 is 0.818 bits per heavy atom. The Hall–Kier alpha value is -3.02. The zero-order valence-corrected chi connectivity index (χ0v) is 12.3. The summed E-state index contributed by atoms with van der Waals surface area (Å²) in [6.45, 7) is 0. The molecule has 4 N–H and O–H groups in total. The Labute approximate surface area is 127 Å². The van der Waals surface area contributed by atoms with E-state index in [0.29, 0.717) is 11.4 Å². The van der Waals surface area contributed by atoms with Crippen molar-refractivity contribution in [3.63, 3.8) is 0 Å². The number of rotatable bonds is 5. The Balaban J connectivity index is 2.45. The highest BCUT2D eigenvalue weighted by atomic mass is 16.5. The molecule has 0 amide bonds. The number of Topliss-reactive ketones (excluding diaryl/α,β-unsaturated/α-hetero) is 2. The number of hydrogen-bond acceptors (Lipinski definition) is 6. The van der Waals surface area contributed by atoms with Crippen LogP contribution in [0.15, 0.2) is 36.4 Å². The van der Waals surface area contributed by atoms with Gasteiger partial charge < -0.3 is 20.9 Å². The molecule has 114 valence electrons. The van der Waals surface area contributed by atoms with Crippen LogP contribution in [-0.4, -0.2) is 25.8 Å². The third-order valence-electron chi connectivity index (χ3n) is 3.17. The van der Waals surface area contributed by atoms with Crippen LogP contribution in [0.4, 0.5) is 11.4 Å². The van der Waals surface area contributed by atoms with E-state index >= 15 is 0 Å². The molecule has 6 heteroatoms. The molecule has 0 heterocycles. The molecule has 2 aromatic carbocycles. The zero-order chi connectivity index (χ0) is 16.3. The summed E-state index contributed by atoms with van der Waals surface area (Å²) < 4.78 is 10.3. The van der Waals surface area contributed by atoms with Gasteiger partial charge in [0, 0.05) is 11.3 Å². The zero-order valence-electron chi connectivity index (χ0n) is 12.3. The van der Waals surface area contributed by atoms with Crippen molar-refractivity contribution in [2.75, 3.05) is 25.7 Å². The number of anilines is 2. The average Bonchev–Trinajstić information content (AvgIpc) is 2.53. The molecule has 0 bridgehead atoms. The molecule has 0 aromatic heterocycles. The second-order valence-corrected chi connectivity index (χ2v) is 4.55. The highest BCUT2D eigenvalue weighted by Crippen LogP contribution is 2.37. The average molecular weight is 300 g/mol. The maximum atomic E-state index is 12.4. The SMILES string of the molecule is COc1c(N)ccc(C(=O)C(=O)c2ccc(N)cc2)c1OC. The van der Waals surface area contributed by atoms with Crippen LogP contribution in [0.25, 0.3) is 0 Å². The number of nitrogens with two attached hydrogens (primary N) is 2. The lowest BCUT2D eigenvalue weighted by Crippen LogP contribution is -2.16. The number of carbonyl (C=O) groups is 2. The Morgan fingerprint density at radius 3 is 1.95 bits per heavy atom. The van der Waals surface area contributed by atoms with Gasteiger partial charge in [-0.2, -0.15) is 0 Å². The predicted octanol–water partition coefficient (Wildman–Crippen LogP) is 1.93. The summed E-state index contributed by atoms with van der Waals surface area (Å²) in [6.07, 6.45) is 0. The summed E-state index contributed by atoms with van der Waals surface area (Å²) in [5, 5.41) is 0. The van der Waals surface area contributed by atoms with Gasteiger partial charge in [-0.05, 0) is 36.4 Å². The molecule has 0 fully saturated rings. The highest BCUT2D eigenvalue weighted by molar-refractivity contribution is 6.49. The molecule has 0 spiro atoms. The number of hydrogen-bond donors (Lipinski definition) is 2. The van der Waals surface area contributed by atoms with Crippen molar-refractivity contribution in [1.82, 2.24) is 0 Å². The minimum atomic E-state index is -0.708. The summed E-state index contributed by atoms with van der Waals surface area (Å²) in [7, 11) is 2.78. The van der Waals surface area contributed by atoms with E-state index in [0.717, 1.165) is 0 Å². The van der Waals surface area contributed by atoms with Crippen molar-refractivity contribution in [2.24, 2.45) is 0 Å². The third kappa shape index (κ3) is 2.71. The van der Waals surface area contributed by atoms with Gasteiger partial charge in [-0.15, -0.1) is 0 Å². The second kappa shape index (κ2) is 6.17. The quantitative estimate of drug-likeness (QED) is 0.496. The number of carbonyl (C=O) groups excluding carboxylic acids is 2. The lowest BCUT2D eigenvalue weighted by molar-refractivity contribution is 0.0815. The summed E-state index contributed by atoms with van der Waals surface area (Å²) in [5.41, 5.74) is 12.5. The van der Waals surface area contributed by atoms with Crippen LogP contribution in [-0.2, 0) is 0 Å². The molecule has 6 nitrogen and oxygen atoms in total. The van der Waals surface area contributed by atoms with Gasteiger partial charge in [0.1, 0.15) is 0 Å². The number of ether oxygens (including phenoxy) is 2. The molecule has 0 saturated carbocycles. The molecule has 22 heavy (non-hydrogen) atoms. The van der Waals surface area contributed by atoms with Gasteiger partial charge in [0.05, 0.1) is 25.5 Å². The van der Waals surface area contributed by atoms with Crippen LogP contribution in [0, 0.1) is 0 Å². The van der Waals surface area contributed by atoms with Gasteiger partial charge in [-0.3, -0.25) is 9.59 Å². The standard InChI is InChI=1S/C16H16N2O4/c1-21-15-11(7-8-12(18)16(15)22-2)14(20)13(19)9-3-5-10(17)6-4-9/h3-8H,17-18H2,1-2H3. The van der Waals surface area contributed by atoms with Crippen LogP contribution in [0.2, 0.25) is 0 Å². The van der Waals surface area contributed by atoms with Crippen molar-refractivity contribution in [2.45, 2.75) is 0 Å². The largest absolute Gasteiger partial charge is 0.492 e. The molecule has 0 saturated heterocycles. The second-order valence-electron chi connectivity index (χ2n) is 4.55. The first kappa shape index (κ1) is 15.4. The summed E-state index contributed by atoms with van der Waals surface area (Å²) in [5.74, 6) is -1.01. The van der Waals surface area contributed by atoms with Gasteiger partial charge in [0.25, 0.3) is 0 Å². The van der Waals surface area contributed by atoms with Crippen molar-refractivity contribution < 1.29 is 19.1 Å². The Kier molecular flexibility index (Phi) is 4.31. The molecule has 2 aromatic rings. The van der Waals surface area contributed by atoms with E-state index in [9.17, 15) is 9.59 Å². The third-order valence-corrected chi connectivity index (χ3v) is 3.17. The van der Waals surface area contributed by atoms with Gasteiger partial charge in [-0.25, -0.2) is 0 Å². The normalized spacial score (nSPS) is 10.1. The van der Waals surface area contributed by atoms with E-state index in [2.05, 4.69) is 0 Å². The summed E-state index contributed by atoms with van der Waals surface area (Å²) in [6, 6.07) is 9.04. The van der Waals surface area contributed by atoms with Crippen LogP contribution < -0.4 is 20.9 Å². The fourth-order valence-electron chi connectivity index (χ4n) is 2.06. The smallest absolute Gasteiger partial charge is 0.237 e. The molecule has 0 radical (unpaired) electrons. The van der Waals surface area contributed by atoms with Gasteiger partial charge in [0.2, 0.25) is 11.6 Å². The van der Waals surface area contributed by atoms with Crippen LogP contribution in [0.5, 0.6) is 11.5 Å². The van der Waals surface area contributed by atoms with Crippen molar-refractivity contribution in [3.05, 3.63) is 47.5 Å². The van der Waals surface area contributed by atoms with Gasteiger partial charge in [-0.1, -0.05) is 0 Å². The first-order valence-corrected chi connectivity index (χ1v) is 6.44. The maximum absolute atomic E-state index is 12.4. The molecule has 0 atom stereocenters. The van der Waals surface area contributed by atoms with Crippen LogP contribution >= 0.6 is 0 Å². The van der Waals surface area contributed by atoms with Crippen molar-refractivity contribution >= 4 is 22.9 Å². The van der Waals surface area contributed by atoms with Crippen molar-refractivity contribution in [1.29, 1.82) is 0 Å². The van der Waals surface area contributed by atoms with Crippen LogP contribution in [0.1, 0.15) is 20.7 Å². The van der Waals surface area contributed by atoms with Gasteiger partial charge in [0.15, 0.2) is 11.5 Å². The topological polar surface area (TPSA) is 105 Å². The minimum absolute atomic E-state index is 0.0929. The fourth-order valence-corrected chi connectivity index (χ4v) is 2.06. The lowest BCUT2D eigenvalue weighted by Gasteiger charge is -2.13.